The lowest BCUT2D eigenvalue weighted by molar-refractivity contribution is -0.121. The first-order valence-electron chi connectivity index (χ1n) is 6.79. The van der Waals surface area contributed by atoms with E-state index in [1.807, 2.05) is 24.3 Å². The molecule has 1 amide bonds. The van der Waals surface area contributed by atoms with Crippen molar-refractivity contribution in [3.8, 4) is 0 Å². The van der Waals surface area contributed by atoms with E-state index < -0.39 is 0 Å². The zero-order chi connectivity index (χ0) is 13.7. The maximum absolute atomic E-state index is 11.9. The molecule has 1 aromatic rings. The Morgan fingerprint density at radius 3 is 2.58 bits per heavy atom. The number of rotatable bonds is 4. The summed E-state index contributed by atoms with van der Waals surface area (Å²) in [6, 6.07) is 7.43. The first-order valence-corrected chi connectivity index (χ1v) is 7.17. The van der Waals surface area contributed by atoms with E-state index in [1.54, 1.807) is 0 Å². The zero-order valence-electron chi connectivity index (χ0n) is 11.3. The number of amides is 1. The van der Waals surface area contributed by atoms with Crippen molar-refractivity contribution in [2.24, 2.45) is 5.41 Å². The Hall–Kier alpha value is -1.06. The van der Waals surface area contributed by atoms with E-state index in [4.69, 9.17) is 11.6 Å². The second-order valence-corrected chi connectivity index (χ2v) is 6.08. The molecule has 2 rings (SSSR count). The lowest BCUT2D eigenvalue weighted by atomic mass is 9.81. The number of carbonyl (C=O) groups excluding carboxylic acids is 1. The van der Waals surface area contributed by atoms with Crippen molar-refractivity contribution in [3.05, 3.63) is 34.9 Å². The first kappa shape index (κ1) is 14.4. The molecule has 19 heavy (non-hydrogen) atoms. The average molecular weight is 281 g/mol. The van der Waals surface area contributed by atoms with Gasteiger partial charge in [0.05, 0.1) is 6.42 Å². The number of hydrogen-bond donors (Lipinski definition) is 2. The molecule has 1 fully saturated rings. The van der Waals surface area contributed by atoms with Gasteiger partial charge in [0.1, 0.15) is 0 Å². The van der Waals surface area contributed by atoms with Crippen LogP contribution in [0.3, 0.4) is 0 Å². The Morgan fingerprint density at radius 1 is 1.32 bits per heavy atom. The van der Waals surface area contributed by atoms with E-state index in [0.717, 1.165) is 38.0 Å². The van der Waals surface area contributed by atoms with Gasteiger partial charge < -0.3 is 10.6 Å². The summed E-state index contributed by atoms with van der Waals surface area (Å²) in [7, 11) is 0. The van der Waals surface area contributed by atoms with Gasteiger partial charge in [-0.1, -0.05) is 30.7 Å². The van der Waals surface area contributed by atoms with Crippen LogP contribution in [0.25, 0.3) is 0 Å². The van der Waals surface area contributed by atoms with Crippen molar-refractivity contribution in [1.82, 2.24) is 10.6 Å². The normalized spacial score (nSPS) is 18.0. The largest absolute Gasteiger partial charge is 0.355 e. The van der Waals surface area contributed by atoms with E-state index in [1.165, 1.54) is 0 Å². The van der Waals surface area contributed by atoms with Crippen LogP contribution in [0, 0.1) is 5.41 Å². The molecule has 0 bridgehead atoms. The maximum atomic E-state index is 11.9. The van der Waals surface area contributed by atoms with E-state index in [2.05, 4.69) is 17.6 Å². The Labute approximate surface area is 119 Å². The molecule has 0 aromatic heterocycles. The SMILES string of the molecule is CC1(CNC(=O)Cc2ccc(Cl)cc2)CCNCC1. The van der Waals surface area contributed by atoms with Crippen LogP contribution in [-0.2, 0) is 11.2 Å². The maximum Gasteiger partial charge on any atom is 0.224 e. The third kappa shape index (κ3) is 4.51. The molecule has 1 saturated heterocycles. The first-order chi connectivity index (χ1) is 9.07. The second kappa shape index (κ2) is 6.40. The summed E-state index contributed by atoms with van der Waals surface area (Å²) in [5.41, 5.74) is 1.23. The van der Waals surface area contributed by atoms with Crippen molar-refractivity contribution in [2.45, 2.75) is 26.2 Å². The molecule has 3 nitrogen and oxygen atoms in total. The molecule has 0 radical (unpaired) electrons. The van der Waals surface area contributed by atoms with Gasteiger partial charge in [-0.15, -0.1) is 0 Å². The van der Waals surface area contributed by atoms with Gasteiger partial charge in [-0.2, -0.15) is 0 Å². The fourth-order valence-corrected chi connectivity index (χ4v) is 2.50. The van der Waals surface area contributed by atoms with E-state index >= 15 is 0 Å². The summed E-state index contributed by atoms with van der Waals surface area (Å²) in [4.78, 5) is 11.9. The molecule has 0 unspecified atom stereocenters. The minimum Gasteiger partial charge on any atom is -0.355 e. The van der Waals surface area contributed by atoms with Crippen LogP contribution >= 0.6 is 11.6 Å². The molecule has 1 aromatic carbocycles. The number of hydrogen-bond acceptors (Lipinski definition) is 2. The third-order valence-corrected chi connectivity index (χ3v) is 4.05. The van der Waals surface area contributed by atoms with Gasteiger partial charge in [0.15, 0.2) is 0 Å². The van der Waals surface area contributed by atoms with Gasteiger partial charge in [-0.3, -0.25) is 4.79 Å². The summed E-state index contributed by atoms with van der Waals surface area (Å²) in [5.74, 6) is 0.0853. The van der Waals surface area contributed by atoms with Crippen molar-refractivity contribution in [2.75, 3.05) is 19.6 Å². The van der Waals surface area contributed by atoms with Crippen molar-refractivity contribution < 1.29 is 4.79 Å². The van der Waals surface area contributed by atoms with Gasteiger partial charge in [-0.05, 0) is 49.0 Å². The molecule has 1 heterocycles. The standard InChI is InChI=1S/C15H21ClN2O/c1-15(6-8-17-9-7-15)11-18-14(19)10-12-2-4-13(16)5-3-12/h2-5,17H,6-11H2,1H3,(H,18,19). The summed E-state index contributed by atoms with van der Waals surface area (Å²) in [5, 5.41) is 7.10. The zero-order valence-corrected chi connectivity index (χ0v) is 12.1. The van der Waals surface area contributed by atoms with Crippen LogP contribution in [0.2, 0.25) is 5.02 Å². The highest BCUT2D eigenvalue weighted by Gasteiger charge is 2.26. The van der Waals surface area contributed by atoms with Gasteiger partial charge >= 0.3 is 0 Å². The lowest BCUT2D eigenvalue weighted by Crippen LogP contribution is -2.43. The fourth-order valence-electron chi connectivity index (χ4n) is 2.37. The molecule has 1 aliphatic heterocycles. The molecule has 104 valence electrons. The molecule has 2 N–H and O–H groups in total. The molecule has 0 spiro atoms. The Bertz CT molecular complexity index is 424. The van der Waals surface area contributed by atoms with Crippen LogP contribution < -0.4 is 10.6 Å². The van der Waals surface area contributed by atoms with Crippen LogP contribution in [-0.4, -0.2) is 25.5 Å². The van der Waals surface area contributed by atoms with Crippen LogP contribution in [0.15, 0.2) is 24.3 Å². The molecular weight excluding hydrogens is 260 g/mol. The Morgan fingerprint density at radius 2 is 1.95 bits per heavy atom. The topological polar surface area (TPSA) is 41.1 Å². The molecular formula is C15H21ClN2O. The lowest BCUT2D eigenvalue weighted by Gasteiger charge is -2.34. The Balaban J connectivity index is 1.79. The molecule has 0 aliphatic carbocycles. The highest BCUT2D eigenvalue weighted by Crippen LogP contribution is 2.26. The van der Waals surface area contributed by atoms with Crippen LogP contribution in [0.4, 0.5) is 0 Å². The van der Waals surface area contributed by atoms with E-state index in [0.29, 0.717) is 11.4 Å². The van der Waals surface area contributed by atoms with Gasteiger partial charge in [0, 0.05) is 11.6 Å². The predicted octanol–water partition coefficient (Wildman–Crippen LogP) is 2.39. The monoisotopic (exact) mass is 280 g/mol. The summed E-state index contributed by atoms with van der Waals surface area (Å²) < 4.78 is 0. The van der Waals surface area contributed by atoms with Crippen molar-refractivity contribution in [3.63, 3.8) is 0 Å². The average Bonchev–Trinajstić information content (AvgIpc) is 2.40. The highest BCUT2D eigenvalue weighted by molar-refractivity contribution is 6.30. The number of piperidine rings is 1. The van der Waals surface area contributed by atoms with Gasteiger partial charge in [0.25, 0.3) is 0 Å². The van der Waals surface area contributed by atoms with Gasteiger partial charge in [-0.25, -0.2) is 0 Å². The quantitative estimate of drug-likeness (QED) is 0.889. The smallest absolute Gasteiger partial charge is 0.224 e. The molecule has 0 saturated carbocycles. The Kier molecular flexibility index (Phi) is 4.83. The van der Waals surface area contributed by atoms with Gasteiger partial charge in [0.2, 0.25) is 5.91 Å². The molecule has 4 heteroatoms. The second-order valence-electron chi connectivity index (χ2n) is 5.64. The number of carbonyl (C=O) groups is 1. The molecule has 0 atom stereocenters. The van der Waals surface area contributed by atoms with E-state index in [-0.39, 0.29) is 11.3 Å². The third-order valence-electron chi connectivity index (χ3n) is 3.80. The minimum atomic E-state index is 0.0853. The summed E-state index contributed by atoms with van der Waals surface area (Å²) in [6.07, 6.45) is 2.66. The predicted molar refractivity (Wildman–Crippen MR) is 78.4 cm³/mol. The molecule has 1 aliphatic rings. The summed E-state index contributed by atoms with van der Waals surface area (Å²) >= 11 is 5.82. The van der Waals surface area contributed by atoms with Crippen LogP contribution in [0.5, 0.6) is 0 Å². The highest BCUT2D eigenvalue weighted by atomic mass is 35.5. The summed E-state index contributed by atoms with van der Waals surface area (Å²) in [6.45, 7) is 5.10. The van der Waals surface area contributed by atoms with E-state index in [9.17, 15) is 4.79 Å². The number of nitrogens with one attached hydrogen (secondary N) is 2. The minimum absolute atomic E-state index is 0.0853. The van der Waals surface area contributed by atoms with Crippen molar-refractivity contribution >= 4 is 17.5 Å². The fraction of sp³-hybridized carbons (Fsp3) is 0.533. The van der Waals surface area contributed by atoms with Crippen LogP contribution in [0.1, 0.15) is 25.3 Å². The van der Waals surface area contributed by atoms with Crippen molar-refractivity contribution in [1.29, 1.82) is 0 Å². The number of halogens is 1. The number of benzene rings is 1.